The number of nitrogens with zero attached hydrogens (tertiary/aromatic N) is 4. The molecule has 0 unspecified atom stereocenters. The molecular formula is C9H7ClN4O2. The van der Waals surface area contributed by atoms with Crippen LogP contribution in [-0.2, 0) is 7.05 Å². The molecule has 82 valence electrons. The SMILES string of the molecule is Cn1cc(-c2ccnc(Cl)c2[N+](=O)[O-])cn1. The second kappa shape index (κ2) is 3.90. The Hall–Kier alpha value is -1.95. The molecule has 0 aromatic carbocycles. The molecule has 2 aromatic heterocycles. The van der Waals surface area contributed by atoms with Crippen LogP contribution in [0.4, 0.5) is 5.69 Å². The molecule has 0 aliphatic carbocycles. The summed E-state index contributed by atoms with van der Waals surface area (Å²) >= 11 is 5.70. The van der Waals surface area contributed by atoms with Gasteiger partial charge in [0, 0.05) is 25.0 Å². The summed E-state index contributed by atoms with van der Waals surface area (Å²) in [6.45, 7) is 0. The lowest BCUT2D eigenvalue weighted by Gasteiger charge is -2.00. The monoisotopic (exact) mass is 238 g/mol. The molecule has 0 saturated carbocycles. The van der Waals surface area contributed by atoms with Gasteiger partial charge in [0.15, 0.2) is 0 Å². The van der Waals surface area contributed by atoms with E-state index in [-0.39, 0.29) is 10.8 Å². The number of halogens is 1. The van der Waals surface area contributed by atoms with E-state index in [0.717, 1.165) is 0 Å². The minimum absolute atomic E-state index is 0.119. The largest absolute Gasteiger partial charge is 0.314 e. The van der Waals surface area contributed by atoms with Crippen molar-refractivity contribution in [1.82, 2.24) is 14.8 Å². The second-order valence-electron chi connectivity index (χ2n) is 3.16. The summed E-state index contributed by atoms with van der Waals surface area (Å²) in [5.74, 6) is 0. The zero-order valence-electron chi connectivity index (χ0n) is 8.29. The average molecular weight is 239 g/mol. The predicted molar refractivity (Wildman–Crippen MR) is 58.1 cm³/mol. The van der Waals surface area contributed by atoms with Crippen molar-refractivity contribution < 1.29 is 4.92 Å². The van der Waals surface area contributed by atoms with E-state index in [1.54, 1.807) is 30.2 Å². The third-order valence-electron chi connectivity index (χ3n) is 2.08. The van der Waals surface area contributed by atoms with Gasteiger partial charge in [-0.05, 0) is 6.07 Å². The predicted octanol–water partition coefficient (Wildman–Crippen LogP) is 2.04. The number of hydrogen-bond donors (Lipinski definition) is 0. The fourth-order valence-corrected chi connectivity index (χ4v) is 1.62. The van der Waals surface area contributed by atoms with Gasteiger partial charge in [-0.1, -0.05) is 11.6 Å². The molecule has 0 radical (unpaired) electrons. The zero-order valence-corrected chi connectivity index (χ0v) is 9.05. The highest BCUT2D eigenvalue weighted by Crippen LogP contribution is 2.33. The van der Waals surface area contributed by atoms with Crippen molar-refractivity contribution in [3.8, 4) is 11.1 Å². The first-order chi connectivity index (χ1) is 7.59. The topological polar surface area (TPSA) is 73.8 Å². The molecule has 0 aliphatic heterocycles. The van der Waals surface area contributed by atoms with Gasteiger partial charge in [0.05, 0.1) is 16.7 Å². The van der Waals surface area contributed by atoms with Crippen molar-refractivity contribution in [2.45, 2.75) is 0 Å². The number of aryl methyl sites for hydroxylation is 1. The summed E-state index contributed by atoms with van der Waals surface area (Å²) < 4.78 is 1.56. The van der Waals surface area contributed by atoms with Crippen molar-refractivity contribution in [2.24, 2.45) is 7.05 Å². The Balaban J connectivity index is 2.65. The molecule has 0 fully saturated rings. The summed E-state index contributed by atoms with van der Waals surface area (Å²) in [4.78, 5) is 14.0. The smallest absolute Gasteiger partial charge is 0.275 e. The molecule has 2 aromatic rings. The van der Waals surface area contributed by atoms with Crippen LogP contribution >= 0.6 is 11.6 Å². The second-order valence-corrected chi connectivity index (χ2v) is 3.52. The molecule has 0 saturated heterocycles. The van der Waals surface area contributed by atoms with E-state index in [0.29, 0.717) is 11.1 Å². The Kier molecular flexibility index (Phi) is 2.57. The fourth-order valence-electron chi connectivity index (χ4n) is 1.40. The van der Waals surface area contributed by atoms with Gasteiger partial charge >= 0.3 is 5.69 Å². The summed E-state index contributed by atoms with van der Waals surface area (Å²) in [5.41, 5.74) is 0.855. The van der Waals surface area contributed by atoms with Crippen LogP contribution in [0.1, 0.15) is 0 Å². The normalized spacial score (nSPS) is 10.4. The zero-order chi connectivity index (χ0) is 11.7. The minimum atomic E-state index is -0.544. The van der Waals surface area contributed by atoms with E-state index in [2.05, 4.69) is 10.1 Å². The summed E-state index contributed by atoms with van der Waals surface area (Å²) in [6.07, 6.45) is 4.65. The van der Waals surface area contributed by atoms with Crippen LogP contribution in [0.2, 0.25) is 5.15 Å². The number of pyridine rings is 1. The molecule has 7 heteroatoms. The van der Waals surface area contributed by atoms with Crippen LogP contribution in [0.25, 0.3) is 11.1 Å². The number of hydrogen-bond acceptors (Lipinski definition) is 4. The van der Waals surface area contributed by atoms with Crippen LogP contribution in [0.15, 0.2) is 24.7 Å². The molecule has 2 rings (SSSR count). The number of aromatic nitrogens is 3. The average Bonchev–Trinajstić information content (AvgIpc) is 2.63. The number of nitro groups is 1. The van der Waals surface area contributed by atoms with E-state index in [1.165, 1.54) is 6.20 Å². The van der Waals surface area contributed by atoms with Gasteiger partial charge in [-0.2, -0.15) is 5.10 Å². The molecular weight excluding hydrogens is 232 g/mol. The van der Waals surface area contributed by atoms with Gasteiger partial charge in [0.25, 0.3) is 0 Å². The van der Waals surface area contributed by atoms with Crippen molar-refractivity contribution >= 4 is 17.3 Å². The Bertz CT molecular complexity index is 552. The summed E-state index contributed by atoms with van der Waals surface area (Å²) in [5, 5.41) is 14.7. The van der Waals surface area contributed by atoms with Crippen LogP contribution < -0.4 is 0 Å². The third kappa shape index (κ3) is 1.74. The Labute approximate surface area is 95.6 Å². The lowest BCUT2D eigenvalue weighted by Crippen LogP contribution is -1.94. The Morgan fingerprint density at radius 1 is 1.56 bits per heavy atom. The van der Waals surface area contributed by atoms with Gasteiger partial charge in [0.2, 0.25) is 5.15 Å². The van der Waals surface area contributed by atoms with Crippen LogP contribution in [-0.4, -0.2) is 19.7 Å². The van der Waals surface area contributed by atoms with Gasteiger partial charge < -0.3 is 0 Å². The standard InChI is InChI=1S/C9H7ClN4O2/c1-13-5-6(4-12-13)7-2-3-11-9(10)8(7)14(15)16/h2-5H,1H3. The van der Waals surface area contributed by atoms with Crippen LogP contribution in [0.5, 0.6) is 0 Å². The molecule has 0 N–H and O–H groups in total. The molecule has 0 aliphatic rings. The summed E-state index contributed by atoms with van der Waals surface area (Å²) in [7, 11) is 1.73. The molecule has 0 spiro atoms. The van der Waals surface area contributed by atoms with Crippen molar-refractivity contribution in [2.75, 3.05) is 0 Å². The maximum Gasteiger partial charge on any atom is 0.314 e. The van der Waals surface area contributed by atoms with E-state index in [1.807, 2.05) is 0 Å². The van der Waals surface area contributed by atoms with Gasteiger partial charge in [-0.15, -0.1) is 0 Å². The lowest BCUT2D eigenvalue weighted by molar-refractivity contribution is -0.384. The lowest BCUT2D eigenvalue weighted by atomic mass is 10.1. The molecule has 16 heavy (non-hydrogen) atoms. The first kappa shape index (κ1) is 10.6. The van der Waals surface area contributed by atoms with Gasteiger partial charge in [-0.25, -0.2) is 4.98 Å². The van der Waals surface area contributed by atoms with E-state index in [9.17, 15) is 10.1 Å². The first-order valence-corrected chi connectivity index (χ1v) is 4.75. The molecule has 2 heterocycles. The molecule has 0 bridgehead atoms. The van der Waals surface area contributed by atoms with E-state index < -0.39 is 4.92 Å². The third-order valence-corrected chi connectivity index (χ3v) is 2.35. The first-order valence-electron chi connectivity index (χ1n) is 4.37. The van der Waals surface area contributed by atoms with Gasteiger partial charge in [0.1, 0.15) is 0 Å². The highest BCUT2D eigenvalue weighted by Gasteiger charge is 2.21. The quantitative estimate of drug-likeness (QED) is 0.456. The highest BCUT2D eigenvalue weighted by molar-refractivity contribution is 6.32. The van der Waals surface area contributed by atoms with Crippen molar-refractivity contribution in [3.63, 3.8) is 0 Å². The van der Waals surface area contributed by atoms with E-state index in [4.69, 9.17) is 11.6 Å². The van der Waals surface area contributed by atoms with Gasteiger partial charge in [-0.3, -0.25) is 14.8 Å². The van der Waals surface area contributed by atoms with Crippen LogP contribution in [0, 0.1) is 10.1 Å². The Morgan fingerprint density at radius 3 is 2.88 bits per heavy atom. The van der Waals surface area contributed by atoms with Crippen molar-refractivity contribution in [1.29, 1.82) is 0 Å². The minimum Gasteiger partial charge on any atom is -0.275 e. The van der Waals surface area contributed by atoms with Crippen LogP contribution in [0.3, 0.4) is 0 Å². The molecule has 0 atom stereocenters. The van der Waals surface area contributed by atoms with Crippen molar-refractivity contribution in [3.05, 3.63) is 39.9 Å². The molecule has 0 amide bonds. The maximum atomic E-state index is 10.9. The summed E-state index contributed by atoms with van der Waals surface area (Å²) in [6, 6.07) is 1.54. The fraction of sp³-hybridized carbons (Fsp3) is 0.111. The maximum absolute atomic E-state index is 10.9. The van der Waals surface area contributed by atoms with E-state index >= 15 is 0 Å². The Morgan fingerprint density at radius 2 is 2.31 bits per heavy atom. The highest BCUT2D eigenvalue weighted by atomic mass is 35.5. The number of rotatable bonds is 2. The molecule has 6 nitrogen and oxygen atoms in total.